The SMILES string of the molecule is COc1cc(C(=O)NCC(O)(c2cc3c(c(-c4ccc(C#N)c(Cl)c4)n2)OC[C@]3(C)C(N)=O)C(F)(F)F)cc2cn(C3CC3)nc12. The van der Waals surface area contributed by atoms with Gasteiger partial charge in [0, 0.05) is 28.3 Å². The molecular weight excluding hydrogens is 629 g/mol. The number of hydrogen-bond acceptors (Lipinski definition) is 8. The first-order chi connectivity index (χ1) is 21.7. The summed E-state index contributed by atoms with van der Waals surface area (Å²) in [5, 5.41) is 27.8. The molecule has 0 radical (unpaired) electrons. The molecule has 2 atom stereocenters. The number of methoxy groups -OCH3 is 1. The molecule has 1 fully saturated rings. The lowest BCUT2D eigenvalue weighted by Crippen LogP contribution is -2.51. The molecule has 2 aromatic carbocycles. The second kappa shape index (κ2) is 10.9. The number of fused-ring (bicyclic) bond motifs is 2. The van der Waals surface area contributed by atoms with Crippen LogP contribution in [0.25, 0.3) is 22.2 Å². The molecule has 4 N–H and O–H groups in total. The highest BCUT2D eigenvalue weighted by Gasteiger charge is 2.57. The van der Waals surface area contributed by atoms with Crippen molar-refractivity contribution in [3.63, 3.8) is 0 Å². The van der Waals surface area contributed by atoms with Crippen molar-refractivity contribution in [2.24, 2.45) is 5.73 Å². The van der Waals surface area contributed by atoms with Crippen LogP contribution in [0.1, 0.15) is 53.0 Å². The Morgan fingerprint density at radius 2 is 2.02 bits per heavy atom. The van der Waals surface area contributed by atoms with E-state index in [1.54, 1.807) is 10.9 Å². The van der Waals surface area contributed by atoms with Gasteiger partial charge in [0.2, 0.25) is 11.5 Å². The summed E-state index contributed by atoms with van der Waals surface area (Å²) in [4.78, 5) is 29.9. The van der Waals surface area contributed by atoms with Crippen LogP contribution in [0.4, 0.5) is 13.2 Å². The fourth-order valence-corrected chi connectivity index (χ4v) is 5.55. The number of nitrogens with one attached hydrogen (secondary N) is 1. The minimum Gasteiger partial charge on any atom is -0.494 e. The van der Waals surface area contributed by atoms with Gasteiger partial charge in [0.05, 0.1) is 36.0 Å². The van der Waals surface area contributed by atoms with Gasteiger partial charge in [-0.15, -0.1) is 0 Å². The van der Waals surface area contributed by atoms with E-state index < -0.39 is 41.2 Å². The Hall–Kier alpha value is -4.87. The Labute approximate surface area is 264 Å². The van der Waals surface area contributed by atoms with Gasteiger partial charge >= 0.3 is 6.18 Å². The van der Waals surface area contributed by atoms with E-state index >= 15 is 0 Å². The summed E-state index contributed by atoms with van der Waals surface area (Å²) in [6.07, 6.45) is -1.71. The molecule has 1 aliphatic heterocycles. The van der Waals surface area contributed by atoms with Crippen LogP contribution < -0.4 is 20.5 Å². The second-order valence-corrected chi connectivity index (χ2v) is 11.9. The summed E-state index contributed by atoms with van der Waals surface area (Å²) in [6.45, 7) is -0.253. The molecular formula is C31H26ClF3N6O5. The number of primary amides is 1. The van der Waals surface area contributed by atoms with Crippen molar-refractivity contribution in [1.29, 1.82) is 5.26 Å². The minimum absolute atomic E-state index is 0.00923. The van der Waals surface area contributed by atoms with Crippen molar-refractivity contribution in [3.8, 4) is 28.8 Å². The van der Waals surface area contributed by atoms with E-state index in [2.05, 4.69) is 15.4 Å². The third-order valence-corrected chi connectivity index (χ3v) is 8.68. The van der Waals surface area contributed by atoms with E-state index in [9.17, 15) is 33.1 Å². The van der Waals surface area contributed by atoms with Crippen LogP contribution in [0.3, 0.4) is 0 Å². The molecule has 0 spiro atoms. The quantitative estimate of drug-likeness (QED) is 0.253. The molecule has 1 unspecified atom stereocenters. The molecule has 1 saturated carbocycles. The highest BCUT2D eigenvalue weighted by atomic mass is 35.5. The zero-order valence-electron chi connectivity index (χ0n) is 24.4. The highest BCUT2D eigenvalue weighted by Crippen LogP contribution is 2.48. The number of nitrogens with zero attached hydrogens (tertiary/aromatic N) is 4. The van der Waals surface area contributed by atoms with Gasteiger partial charge in [-0.1, -0.05) is 17.7 Å². The van der Waals surface area contributed by atoms with Crippen LogP contribution in [-0.4, -0.2) is 58.1 Å². The topological polar surface area (TPSA) is 165 Å². The normalized spacial score (nSPS) is 18.7. The van der Waals surface area contributed by atoms with Gasteiger partial charge in [0.15, 0.2) is 0 Å². The number of alkyl halides is 3. The third-order valence-electron chi connectivity index (χ3n) is 8.37. The van der Waals surface area contributed by atoms with E-state index in [0.717, 1.165) is 18.9 Å². The fraction of sp³-hybridized carbons (Fsp3) is 0.323. The highest BCUT2D eigenvalue weighted by molar-refractivity contribution is 6.32. The van der Waals surface area contributed by atoms with Crippen LogP contribution in [0.5, 0.6) is 11.5 Å². The van der Waals surface area contributed by atoms with Crippen molar-refractivity contribution in [2.75, 3.05) is 20.3 Å². The molecule has 238 valence electrons. The molecule has 11 nitrogen and oxygen atoms in total. The number of amides is 2. The number of aliphatic hydroxyl groups is 1. The standard InChI is InChI=1S/C31H26ClF3N6O5/c1-29(28(37)43)14-46-26-20(29)10-23(39-25(26)15-3-4-16(11-36)21(32)8-15)30(44,31(33,34)35)13-38-27(42)17-7-18-12-41(19-5-6-19)40-24(18)22(9-17)45-2/h3-4,7-10,12,19,44H,5-6,13-14H2,1-2H3,(H2,37,43)(H,38,42)/t29-,30?/m0/s1. The predicted octanol–water partition coefficient (Wildman–Crippen LogP) is 4.28. The number of rotatable bonds is 8. The first-order valence-corrected chi connectivity index (χ1v) is 14.4. The van der Waals surface area contributed by atoms with Crippen LogP contribution in [0.15, 0.2) is 42.6 Å². The lowest BCUT2D eigenvalue weighted by Gasteiger charge is -2.31. The van der Waals surface area contributed by atoms with Crippen LogP contribution in [0.2, 0.25) is 5.02 Å². The number of carbonyl (C=O) groups is 2. The minimum atomic E-state index is -5.36. The number of carbonyl (C=O) groups excluding carboxylic acids is 2. The lowest BCUT2D eigenvalue weighted by atomic mass is 9.81. The molecule has 1 aliphatic carbocycles. The number of pyridine rings is 1. The Morgan fingerprint density at radius 1 is 1.28 bits per heavy atom. The van der Waals surface area contributed by atoms with E-state index in [0.29, 0.717) is 10.9 Å². The Morgan fingerprint density at radius 3 is 2.63 bits per heavy atom. The molecule has 6 rings (SSSR count). The van der Waals surface area contributed by atoms with Gasteiger partial charge < -0.3 is 25.6 Å². The number of nitriles is 1. The van der Waals surface area contributed by atoms with E-state index in [4.69, 9.17) is 26.8 Å². The van der Waals surface area contributed by atoms with Crippen LogP contribution in [0, 0.1) is 11.3 Å². The Balaban J connectivity index is 1.41. The van der Waals surface area contributed by atoms with Gasteiger partial charge in [-0.25, -0.2) is 4.98 Å². The summed E-state index contributed by atoms with van der Waals surface area (Å²) < 4.78 is 57.3. The third kappa shape index (κ3) is 5.05. The molecule has 0 saturated heterocycles. The maximum absolute atomic E-state index is 14.8. The average molecular weight is 655 g/mol. The molecule has 0 bridgehead atoms. The van der Waals surface area contributed by atoms with Crippen LogP contribution >= 0.6 is 11.6 Å². The molecule has 2 aromatic heterocycles. The van der Waals surface area contributed by atoms with Gasteiger partial charge in [0.1, 0.15) is 40.8 Å². The Kier molecular flexibility index (Phi) is 7.37. The maximum atomic E-state index is 14.8. The summed E-state index contributed by atoms with van der Waals surface area (Å²) >= 11 is 6.20. The summed E-state index contributed by atoms with van der Waals surface area (Å²) in [5.74, 6) is -1.59. The molecule has 4 aromatic rings. The molecule has 15 heteroatoms. The predicted molar refractivity (Wildman–Crippen MR) is 158 cm³/mol. The van der Waals surface area contributed by atoms with Gasteiger partial charge in [-0.05, 0) is 50.1 Å². The number of halogens is 4. The van der Waals surface area contributed by atoms with Crippen molar-refractivity contribution < 1.29 is 37.3 Å². The first kappa shape index (κ1) is 31.1. The summed E-state index contributed by atoms with van der Waals surface area (Å²) in [5.41, 5.74) is -0.105. The molecule has 2 aliphatic rings. The maximum Gasteiger partial charge on any atom is 0.424 e. The zero-order valence-corrected chi connectivity index (χ0v) is 25.2. The largest absolute Gasteiger partial charge is 0.494 e. The zero-order chi connectivity index (χ0) is 33.2. The van der Waals surface area contributed by atoms with E-state index in [-0.39, 0.29) is 57.1 Å². The van der Waals surface area contributed by atoms with Crippen molar-refractivity contribution in [1.82, 2.24) is 20.1 Å². The Bertz CT molecular complexity index is 1970. The number of benzene rings is 2. The fourth-order valence-electron chi connectivity index (χ4n) is 5.33. The molecule has 3 heterocycles. The van der Waals surface area contributed by atoms with E-state index in [1.165, 1.54) is 44.4 Å². The van der Waals surface area contributed by atoms with Gasteiger partial charge in [0.25, 0.3) is 5.91 Å². The van der Waals surface area contributed by atoms with Crippen molar-refractivity contribution >= 4 is 34.3 Å². The smallest absolute Gasteiger partial charge is 0.424 e. The average Bonchev–Trinajstić information content (AvgIpc) is 3.69. The first-order valence-electron chi connectivity index (χ1n) is 14.0. The number of hydrogen-bond donors (Lipinski definition) is 3. The van der Waals surface area contributed by atoms with Crippen molar-refractivity contribution in [3.05, 3.63) is 70.0 Å². The number of ether oxygens (including phenoxy) is 2. The summed E-state index contributed by atoms with van der Waals surface area (Å²) in [6, 6.07) is 9.90. The second-order valence-electron chi connectivity index (χ2n) is 11.5. The molecule has 46 heavy (non-hydrogen) atoms. The molecule has 2 amide bonds. The van der Waals surface area contributed by atoms with E-state index in [1.807, 2.05) is 6.07 Å². The van der Waals surface area contributed by atoms with Gasteiger partial charge in [-0.2, -0.15) is 23.5 Å². The number of nitrogens with two attached hydrogens (primary N) is 1. The lowest BCUT2D eigenvalue weighted by molar-refractivity contribution is -0.265. The van der Waals surface area contributed by atoms with Crippen molar-refractivity contribution in [2.45, 2.75) is 43.0 Å². The monoisotopic (exact) mass is 654 g/mol. The number of aromatic nitrogens is 3. The summed E-state index contributed by atoms with van der Waals surface area (Å²) in [7, 11) is 1.39. The van der Waals surface area contributed by atoms with Gasteiger partial charge in [-0.3, -0.25) is 14.3 Å². The van der Waals surface area contributed by atoms with Crippen LogP contribution in [-0.2, 0) is 15.8 Å².